The molecule has 7 heteroatoms. The van der Waals surface area contributed by atoms with Crippen molar-refractivity contribution in [2.45, 2.75) is 39.2 Å². The van der Waals surface area contributed by atoms with Crippen LogP contribution in [0.3, 0.4) is 0 Å². The largest absolute Gasteiger partial charge is 0.481 e. The maximum atomic E-state index is 11.9. The highest BCUT2D eigenvalue weighted by Crippen LogP contribution is 2.16. The third kappa shape index (κ3) is 7.85. The third-order valence-corrected chi connectivity index (χ3v) is 2.69. The van der Waals surface area contributed by atoms with Gasteiger partial charge in [0.2, 0.25) is 5.91 Å². The van der Waals surface area contributed by atoms with Crippen molar-refractivity contribution in [3.05, 3.63) is 29.8 Å². The van der Waals surface area contributed by atoms with Crippen LogP contribution in [0.2, 0.25) is 0 Å². The molecule has 0 aliphatic heterocycles. The molecule has 0 aromatic heterocycles. The highest BCUT2D eigenvalue weighted by atomic mass is 16.6. The van der Waals surface area contributed by atoms with Crippen LogP contribution in [0.25, 0.3) is 0 Å². The first-order chi connectivity index (χ1) is 10.7. The minimum Gasteiger partial charge on any atom is -0.481 e. The van der Waals surface area contributed by atoms with Crippen LogP contribution in [-0.4, -0.2) is 35.2 Å². The van der Waals surface area contributed by atoms with E-state index in [-0.39, 0.29) is 13.0 Å². The summed E-state index contributed by atoms with van der Waals surface area (Å²) >= 11 is 0. The molecule has 0 spiro atoms. The SMILES string of the molecule is CC(C)(C)OC(=O)NCC(=O)Nc1ccccc1CCC(=O)O. The number of carboxylic acid groups (broad SMARTS) is 1. The van der Waals surface area contributed by atoms with Crippen LogP contribution >= 0.6 is 0 Å². The third-order valence-electron chi connectivity index (χ3n) is 2.69. The summed E-state index contributed by atoms with van der Waals surface area (Å²) in [5.41, 5.74) is 0.620. The Kier molecular flexibility index (Phi) is 6.56. The zero-order valence-electron chi connectivity index (χ0n) is 13.5. The van der Waals surface area contributed by atoms with Crippen molar-refractivity contribution in [2.75, 3.05) is 11.9 Å². The molecule has 0 unspecified atom stereocenters. The molecule has 0 atom stereocenters. The van der Waals surface area contributed by atoms with Gasteiger partial charge < -0.3 is 20.5 Å². The van der Waals surface area contributed by atoms with Crippen molar-refractivity contribution < 1.29 is 24.2 Å². The van der Waals surface area contributed by atoms with Crippen LogP contribution in [0.1, 0.15) is 32.8 Å². The highest BCUT2D eigenvalue weighted by Gasteiger charge is 2.16. The molecule has 2 amide bonds. The summed E-state index contributed by atoms with van der Waals surface area (Å²) in [7, 11) is 0. The number of benzene rings is 1. The average Bonchev–Trinajstić information content (AvgIpc) is 2.42. The van der Waals surface area contributed by atoms with E-state index in [1.54, 1.807) is 45.0 Å². The predicted octanol–water partition coefficient (Wildman–Crippen LogP) is 2.17. The quantitative estimate of drug-likeness (QED) is 0.744. The number of para-hydroxylation sites is 1. The van der Waals surface area contributed by atoms with Crippen LogP contribution in [0.5, 0.6) is 0 Å². The van der Waals surface area contributed by atoms with Crippen molar-refractivity contribution in [3.63, 3.8) is 0 Å². The van der Waals surface area contributed by atoms with Crippen molar-refractivity contribution in [1.82, 2.24) is 5.32 Å². The minimum atomic E-state index is -0.905. The van der Waals surface area contributed by atoms with Crippen LogP contribution < -0.4 is 10.6 Å². The van der Waals surface area contributed by atoms with Gasteiger partial charge in [0.15, 0.2) is 0 Å². The molecule has 0 saturated heterocycles. The lowest BCUT2D eigenvalue weighted by atomic mass is 10.1. The summed E-state index contributed by atoms with van der Waals surface area (Å²) in [6.07, 6.45) is -0.388. The lowest BCUT2D eigenvalue weighted by molar-refractivity contribution is -0.137. The van der Waals surface area contributed by atoms with Crippen LogP contribution in [-0.2, 0) is 20.7 Å². The Bertz CT molecular complexity index is 578. The van der Waals surface area contributed by atoms with Gasteiger partial charge in [0, 0.05) is 12.1 Å². The molecule has 0 aliphatic carbocycles. The molecule has 0 radical (unpaired) electrons. The van der Waals surface area contributed by atoms with Crippen LogP contribution in [0.15, 0.2) is 24.3 Å². The average molecular weight is 322 g/mol. The van der Waals surface area contributed by atoms with E-state index in [0.717, 1.165) is 5.56 Å². The Labute approximate surface area is 135 Å². The number of aliphatic carboxylic acids is 1. The van der Waals surface area contributed by atoms with Gasteiger partial charge in [-0.25, -0.2) is 4.79 Å². The molecule has 1 aromatic rings. The molecule has 0 heterocycles. The van der Waals surface area contributed by atoms with E-state index in [0.29, 0.717) is 12.1 Å². The van der Waals surface area contributed by atoms with Gasteiger partial charge in [0.25, 0.3) is 0 Å². The number of hydrogen-bond donors (Lipinski definition) is 3. The van der Waals surface area contributed by atoms with E-state index in [4.69, 9.17) is 9.84 Å². The van der Waals surface area contributed by atoms with Gasteiger partial charge in [-0.3, -0.25) is 9.59 Å². The second kappa shape index (κ2) is 8.17. The molecule has 7 nitrogen and oxygen atoms in total. The monoisotopic (exact) mass is 322 g/mol. The van der Waals surface area contributed by atoms with E-state index in [9.17, 15) is 14.4 Å². The molecular formula is C16H22N2O5. The number of nitrogens with one attached hydrogen (secondary N) is 2. The maximum Gasteiger partial charge on any atom is 0.408 e. The molecule has 1 rings (SSSR count). The lowest BCUT2D eigenvalue weighted by Gasteiger charge is -2.19. The molecule has 3 N–H and O–H groups in total. The summed E-state index contributed by atoms with van der Waals surface area (Å²) in [4.78, 5) is 34.0. The summed E-state index contributed by atoms with van der Waals surface area (Å²) in [6, 6.07) is 6.94. The summed E-state index contributed by atoms with van der Waals surface area (Å²) in [5, 5.41) is 13.7. The van der Waals surface area contributed by atoms with Gasteiger partial charge in [-0.05, 0) is 38.8 Å². The van der Waals surface area contributed by atoms with Crippen molar-refractivity contribution in [1.29, 1.82) is 0 Å². The molecule has 0 fully saturated rings. The van der Waals surface area contributed by atoms with Gasteiger partial charge in [-0.2, -0.15) is 0 Å². The number of rotatable bonds is 6. The first kappa shape index (κ1) is 18.5. The topological polar surface area (TPSA) is 105 Å². The Balaban J connectivity index is 2.54. The zero-order chi connectivity index (χ0) is 17.5. The number of carbonyl (C=O) groups is 3. The van der Waals surface area contributed by atoms with Gasteiger partial charge >= 0.3 is 12.1 Å². The first-order valence-electron chi connectivity index (χ1n) is 7.24. The maximum absolute atomic E-state index is 11.9. The van der Waals surface area contributed by atoms with Crippen LogP contribution in [0.4, 0.5) is 10.5 Å². The molecule has 0 saturated carbocycles. The van der Waals surface area contributed by atoms with Gasteiger partial charge in [-0.1, -0.05) is 18.2 Å². The molecule has 1 aromatic carbocycles. The fourth-order valence-electron chi connectivity index (χ4n) is 1.76. The van der Waals surface area contributed by atoms with Gasteiger partial charge in [0.1, 0.15) is 12.1 Å². The molecule has 23 heavy (non-hydrogen) atoms. The summed E-state index contributed by atoms with van der Waals surface area (Å²) in [5.74, 6) is -1.32. The van der Waals surface area contributed by atoms with Gasteiger partial charge in [0.05, 0.1) is 0 Å². The highest BCUT2D eigenvalue weighted by molar-refractivity contribution is 5.94. The van der Waals surface area contributed by atoms with E-state index >= 15 is 0 Å². The van der Waals surface area contributed by atoms with Gasteiger partial charge in [-0.15, -0.1) is 0 Å². The smallest absolute Gasteiger partial charge is 0.408 e. The number of aryl methyl sites for hydroxylation is 1. The standard InChI is InChI=1S/C16H22N2O5/c1-16(2,3)23-15(22)17-10-13(19)18-12-7-5-4-6-11(12)8-9-14(20)21/h4-7H,8-10H2,1-3H3,(H,17,22)(H,18,19)(H,20,21). The van der Waals surface area contributed by atoms with Crippen LogP contribution in [0, 0.1) is 0 Å². The number of carbonyl (C=O) groups excluding carboxylic acids is 2. The second-order valence-electron chi connectivity index (χ2n) is 5.95. The van der Waals surface area contributed by atoms with E-state index in [1.807, 2.05) is 0 Å². The van der Waals surface area contributed by atoms with Crippen molar-refractivity contribution >= 4 is 23.7 Å². The molecule has 0 aliphatic rings. The Hall–Kier alpha value is -2.57. The number of alkyl carbamates (subject to hydrolysis) is 1. The normalized spacial score (nSPS) is 10.7. The Morgan fingerprint density at radius 1 is 1.17 bits per heavy atom. The number of carboxylic acids is 1. The minimum absolute atomic E-state index is 0.0248. The van der Waals surface area contributed by atoms with E-state index in [2.05, 4.69) is 10.6 Å². The fraction of sp³-hybridized carbons (Fsp3) is 0.438. The Morgan fingerprint density at radius 2 is 1.83 bits per heavy atom. The zero-order valence-corrected chi connectivity index (χ0v) is 13.5. The lowest BCUT2D eigenvalue weighted by Crippen LogP contribution is -2.37. The van der Waals surface area contributed by atoms with Crippen molar-refractivity contribution in [2.24, 2.45) is 0 Å². The second-order valence-corrected chi connectivity index (χ2v) is 5.95. The molecule has 0 bridgehead atoms. The first-order valence-corrected chi connectivity index (χ1v) is 7.24. The van der Waals surface area contributed by atoms with E-state index in [1.165, 1.54) is 0 Å². The Morgan fingerprint density at radius 3 is 2.43 bits per heavy atom. The van der Waals surface area contributed by atoms with E-state index < -0.39 is 23.6 Å². The number of ether oxygens (including phenoxy) is 1. The number of amides is 2. The summed E-state index contributed by atoms with van der Waals surface area (Å²) in [6.45, 7) is 4.95. The molecular weight excluding hydrogens is 300 g/mol. The predicted molar refractivity (Wildman–Crippen MR) is 85.3 cm³/mol. The number of hydrogen-bond acceptors (Lipinski definition) is 4. The fourth-order valence-corrected chi connectivity index (χ4v) is 1.76. The number of anilines is 1. The summed E-state index contributed by atoms with van der Waals surface area (Å²) < 4.78 is 5.03. The van der Waals surface area contributed by atoms with Crippen molar-refractivity contribution in [3.8, 4) is 0 Å². The molecule has 126 valence electrons.